The zero-order valence-electron chi connectivity index (χ0n) is 14.5. The number of ether oxygens (including phenoxy) is 1. The Morgan fingerprint density at radius 2 is 1.96 bits per heavy atom. The highest BCUT2D eigenvalue weighted by Crippen LogP contribution is 2.29. The molecule has 0 saturated heterocycles. The smallest absolute Gasteiger partial charge is 0.203 e. The van der Waals surface area contributed by atoms with Crippen molar-refractivity contribution in [3.8, 4) is 5.75 Å². The lowest BCUT2D eigenvalue weighted by Crippen LogP contribution is -1.99. The Morgan fingerprint density at radius 1 is 1.08 bits per heavy atom. The van der Waals surface area contributed by atoms with Gasteiger partial charge >= 0.3 is 0 Å². The first-order chi connectivity index (χ1) is 12.9. The van der Waals surface area contributed by atoms with Crippen LogP contribution in [0, 0.1) is 0 Å². The van der Waals surface area contributed by atoms with E-state index in [1.54, 1.807) is 17.6 Å². The molecule has 4 rings (SSSR count). The number of aryl methyl sites for hydroxylation is 2. The highest BCUT2D eigenvalue weighted by atomic mass is 32.1. The average Bonchev–Trinajstić information content (AvgIpc) is 3.10. The fourth-order valence-corrected chi connectivity index (χ4v) is 3.99. The van der Waals surface area contributed by atoms with Crippen LogP contribution < -0.4 is 10.2 Å². The van der Waals surface area contributed by atoms with Crippen molar-refractivity contribution in [3.05, 3.63) is 76.3 Å². The van der Waals surface area contributed by atoms with Crippen molar-refractivity contribution in [2.75, 3.05) is 5.43 Å². The molecule has 0 spiro atoms. The van der Waals surface area contributed by atoms with Crippen LogP contribution in [0.2, 0.25) is 0 Å². The lowest BCUT2D eigenvalue weighted by Gasteiger charge is -2.06. The molecular weight excluding hydrogens is 342 g/mol. The minimum Gasteiger partial charge on any atom is -0.489 e. The first kappa shape index (κ1) is 16.8. The Hall–Kier alpha value is -2.66. The van der Waals surface area contributed by atoms with Crippen LogP contribution in [-0.2, 0) is 19.4 Å². The summed E-state index contributed by atoms with van der Waals surface area (Å²) in [6, 6.07) is 18.1. The molecule has 26 heavy (non-hydrogen) atoms. The van der Waals surface area contributed by atoms with Gasteiger partial charge in [-0.2, -0.15) is 5.10 Å². The van der Waals surface area contributed by atoms with Gasteiger partial charge in [-0.3, -0.25) is 5.43 Å². The molecular formula is C21H21N3OS. The Bertz CT molecular complexity index is 866. The van der Waals surface area contributed by atoms with Crippen LogP contribution in [0.3, 0.4) is 0 Å². The van der Waals surface area contributed by atoms with Gasteiger partial charge in [-0.1, -0.05) is 42.5 Å². The maximum Gasteiger partial charge on any atom is 0.203 e. The number of benzene rings is 2. The highest BCUT2D eigenvalue weighted by molar-refractivity contribution is 7.15. The lowest BCUT2D eigenvalue weighted by molar-refractivity contribution is 0.306. The molecule has 0 amide bonds. The fraction of sp³-hybridized carbons (Fsp3) is 0.238. The normalized spacial score (nSPS) is 13.5. The molecule has 1 N–H and O–H groups in total. The zero-order chi connectivity index (χ0) is 17.6. The van der Waals surface area contributed by atoms with Gasteiger partial charge in [0.25, 0.3) is 0 Å². The molecule has 5 heteroatoms. The SMILES string of the molecule is C(=NNc1nc2c(s1)CCCC2)c1cccc(OCc2ccccc2)c1. The maximum atomic E-state index is 5.86. The predicted octanol–water partition coefficient (Wildman–Crippen LogP) is 5.05. The standard InChI is InChI=1S/C21H21N3OS/c1-2-7-16(8-3-1)15-25-18-10-6-9-17(13-18)14-22-24-21-23-19-11-4-5-12-20(19)26-21/h1-3,6-10,13-14H,4-5,11-12,15H2,(H,23,24). The number of aromatic nitrogens is 1. The number of hydrogen-bond acceptors (Lipinski definition) is 5. The maximum absolute atomic E-state index is 5.86. The second-order valence-electron chi connectivity index (χ2n) is 6.31. The number of rotatable bonds is 6. The van der Waals surface area contributed by atoms with Crippen LogP contribution >= 0.6 is 11.3 Å². The highest BCUT2D eigenvalue weighted by Gasteiger charge is 2.14. The van der Waals surface area contributed by atoms with E-state index in [4.69, 9.17) is 4.74 Å². The van der Waals surface area contributed by atoms with Crippen LogP contribution in [0.15, 0.2) is 59.7 Å². The third-order valence-electron chi connectivity index (χ3n) is 4.33. The summed E-state index contributed by atoms with van der Waals surface area (Å²) in [5.74, 6) is 0.836. The van der Waals surface area contributed by atoms with Gasteiger partial charge in [0.2, 0.25) is 5.13 Å². The summed E-state index contributed by atoms with van der Waals surface area (Å²) in [7, 11) is 0. The van der Waals surface area contributed by atoms with E-state index in [1.807, 2.05) is 42.5 Å². The first-order valence-electron chi connectivity index (χ1n) is 8.91. The van der Waals surface area contributed by atoms with Crippen molar-refractivity contribution in [2.45, 2.75) is 32.3 Å². The third-order valence-corrected chi connectivity index (χ3v) is 5.39. The van der Waals surface area contributed by atoms with Gasteiger partial charge in [0.05, 0.1) is 11.9 Å². The largest absolute Gasteiger partial charge is 0.489 e. The second kappa shape index (κ2) is 8.15. The minimum atomic E-state index is 0.560. The van der Waals surface area contributed by atoms with Gasteiger partial charge in [0.15, 0.2) is 0 Å². The molecule has 3 aromatic rings. The molecule has 0 saturated carbocycles. The van der Waals surface area contributed by atoms with E-state index in [-0.39, 0.29) is 0 Å². The van der Waals surface area contributed by atoms with Crippen molar-refractivity contribution in [1.29, 1.82) is 0 Å². The number of hydrazone groups is 1. The van der Waals surface area contributed by atoms with E-state index >= 15 is 0 Å². The van der Waals surface area contributed by atoms with Crippen LogP contribution in [-0.4, -0.2) is 11.2 Å². The molecule has 1 heterocycles. The van der Waals surface area contributed by atoms with Crippen molar-refractivity contribution in [3.63, 3.8) is 0 Å². The number of hydrogen-bond donors (Lipinski definition) is 1. The van der Waals surface area contributed by atoms with Crippen molar-refractivity contribution in [1.82, 2.24) is 4.98 Å². The van der Waals surface area contributed by atoms with Crippen molar-refractivity contribution in [2.24, 2.45) is 5.10 Å². The molecule has 0 fully saturated rings. The summed E-state index contributed by atoms with van der Waals surface area (Å²) < 4.78 is 5.86. The molecule has 0 atom stereocenters. The van der Waals surface area contributed by atoms with Crippen molar-refractivity contribution < 1.29 is 4.74 Å². The molecule has 1 aliphatic carbocycles. The Kier molecular flexibility index (Phi) is 5.26. The Labute approximate surface area is 157 Å². The van der Waals surface area contributed by atoms with E-state index in [0.29, 0.717) is 6.61 Å². The molecule has 1 aliphatic rings. The zero-order valence-corrected chi connectivity index (χ0v) is 15.3. The van der Waals surface area contributed by atoms with Crippen molar-refractivity contribution >= 4 is 22.7 Å². The van der Waals surface area contributed by atoms with Gasteiger partial charge < -0.3 is 4.74 Å². The fourth-order valence-electron chi connectivity index (χ4n) is 2.99. The van der Waals surface area contributed by atoms with Crippen LogP contribution in [0.5, 0.6) is 5.75 Å². The van der Waals surface area contributed by atoms with Gasteiger partial charge in [-0.25, -0.2) is 4.98 Å². The first-order valence-corrected chi connectivity index (χ1v) is 9.73. The molecule has 132 valence electrons. The summed E-state index contributed by atoms with van der Waals surface area (Å²) in [5.41, 5.74) is 6.45. The van der Waals surface area contributed by atoms with E-state index in [2.05, 4.69) is 27.6 Å². The molecule has 0 bridgehead atoms. The molecule has 4 nitrogen and oxygen atoms in total. The summed E-state index contributed by atoms with van der Waals surface area (Å²) in [4.78, 5) is 6.04. The summed E-state index contributed by atoms with van der Waals surface area (Å²) in [6.45, 7) is 0.560. The molecule has 2 aromatic carbocycles. The number of nitrogens with one attached hydrogen (secondary N) is 1. The number of fused-ring (bicyclic) bond motifs is 1. The third kappa shape index (κ3) is 4.29. The van der Waals surface area contributed by atoms with E-state index in [1.165, 1.54) is 23.4 Å². The molecule has 1 aromatic heterocycles. The Balaban J connectivity index is 1.35. The molecule has 0 radical (unpaired) electrons. The monoisotopic (exact) mass is 363 g/mol. The lowest BCUT2D eigenvalue weighted by atomic mass is 10.0. The second-order valence-corrected chi connectivity index (χ2v) is 7.40. The number of anilines is 1. The average molecular weight is 363 g/mol. The van der Waals surface area contributed by atoms with Crippen LogP contribution in [0.4, 0.5) is 5.13 Å². The van der Waals surface area contributed by atoms with E-state index in [9.17, 15) is 0 Å². The summed E-state index contributed by atoms with van der Waals surface area (Å²) in [6.07, 6.45) is 6.57. The van der Waals surface area contributed by atoms with Crippen LogP contribution in [0.25, 0.3) is 0 Å². The Morgan fingerprint density at radius 3 is 2.85 bits per heavy atom. The van der Waals surface area contributed by atoms with E-state index in [0.717, 1.165) is 34.8 Å². The number of thiazole rings is 1. The van der Waals surface area contributed by atoms with E-state index < -0.39 is 0 Å². The molecule has 0 aliphatic heterocycles. The van der Waals surface area contributed by atoms with Gasteiger partial charge in [-0.15, -0.1) is 11.3 Å². The topological polar surface area (TPSA) is 46.5 Å². The van der Waals surface area contributed by atoms with Gasteiger partial charge in [-0.05, 0) is 48.9 Å². The number of nitrogens with zero attached hydrogens (tertiary/aromatic N) is 2. The predicted molar refractivity (Wildman–Crippen MR) is 107 cm³/mol. The summed E-state index contributed by atoms with van der Waals surface area (Å²) in [5, 5.41) is 5.21. The summed E-state index contributed by atoms with van der Waals surface area (Å²) >= 11 is 1.72. The van der Waals surface area contributed by atoms with Gasteiger partial charge in [0.1, 0.15) is 12.4 Å². The van der Waals surface area contributed by atoms with Gasteiger partial charge in [0, 0.05) is 4.88 Å². The quantitative estimate of drug-likeness (QED) is 0.492. The van der Waals surface area contributed by atoms with Crippen LogP contribution in [0.1, 0.15) is 34.5 Å². The minimum absolute atomic E-state index is 0.560. The molecule has 0 unspecified atom stereocenters.